The van der Waals surface area contributed by atoms with Crippen LogP contribution in [0, 0.1) is 11.8 Å². The molecule has 0 saturated carbocycles. The number of nitrogens with zero attached hydrogens (tertiary/aromatic N) is 1. The summed E-state index contributed by atoms with van der Waals surface area (Å²) in [6.45, 7) is 4.18. The van der Waals surface area contributed by atoms with Crippen LogP contribution in [0.3, 0.4) is 0 Å². The topological polar surface area (TPSA) is 46.3 Å². The fraction of sp³-hybridized carbons (Fsp3) is 0.400. The number of benzene rings is 1. The van der Waals surface area contributed by atoms with E-state index in [1.165, 1.54) is 0 Å². The number of carbonyl (C=O) groups is 1. The second-order valence-electron chi connectivity index (χ2n) is 4.52. The fourth-order valence-electron chi connectivity index (χ4n) is 2.03. The Balaban J connectivity index is 2.07. The second-order valence-corrected chi connectivity index (χ2v) is 6.06. The molecule has 0 aromatic heterocycles. The van der Waals surface area contributed by atoms with Crippen molar-refractivity contribution in [1.82, 2.24) is 4.90 Å². The third-order valence-corrected chi connectivity index (χ3v) is 4.13. The monoisotopic (exact) mass is 274 g/mol. The van der Waals surface area contributed by atoms with Crippen molar-refractivity contribution in [3.63, 3.8) is 0 Å². The molecule has 3 nitrogen and oxygen atoms in total. The van der Waals surface area contributed by atoms with Gasteiger partial charge in [-0.2, -0.15) is 11.8 Å². The maximum atomic E-state index is 12.3. The Hall–Kier alpha value is -1.44. The number of hydrogen-bond donors (Lipinski definition) is 1. The SMILES string of the molecule is CC1CN(C(=O)c2ccc(C#CCN)cc2)CCS1. The van der Waals surface area contributed by atoms with Crippen LogP contribution < -0.4 is 5.73 Å². The molecule has 0 spiro atoms. The number of thioether (sulfide) groups is 1. The van der Waals surface area contributed by atoms with Crippen molar-refractivity contribution in [3.8, 4) is 11.8 Å². The second kappa shape index (κ2) is 6.65. The number of amides is 1. The summed E-state index contributed by atoms with van der Waals surface area (Å²) in [7, 11) is 0. The van der Waals surface area contributed by atoms with Crippen LogP contribution in [-0.4, -0.2) is 41.4 Å². The number of hydrogen-bond acceptors (Lipinski definition) is 3. The highest BCUT2D eigenvalue weighted by Crippen LogP contribution is 2.19. The lowest BCUT2D eigenvalue weighted by Gasteiger charge is -2.30. The van der Waals surface area contributed by atoms with Crippen molar-refractivity contribution in [2.45, 2.75) is 12.2 Å². The molecular formula is C15H18N2OS. The Morgan fingerprint density at radius 2 is 2.21 bits per heavy atom. The van der Waals surface area contributed by atoms with Gasteiger partial charge in [0.1, 0.15) is 0 Å². The Morgan fingerprint density at radius 1 is 1.47 bits per heavy atom. The van der Waals surface area contributed by atoms with E-state index in [9.17, 15) is 4.79 Å². The third-order valence-electron chi connectivity index (χ3n) is 2.99. The van der Waals surface area contributed by atoms with Crippen molar-refractivity contribution in [2.24, 2.45) is 5.73 Å². The van der Waals surface area contributed by atoms with Gasteiger partial charge in [0.2, 0.25) is 0 Å². The number of carbonyl (C=O) groups excluding carboxylic acids is 1. The highest BCUT2D eigenvalue weighted by atomic mass is 32.2. The van der Waals surface area contributed by atoms with Gasteiger partial charge in [0.25, 0.3) is 5.91 Å². The van der Waals surface area contributed by atoms with Gasteiger partial charge in [-0.3, -0.25) is 4.79 Å². The minimum absolute atomic E-state index is 0.116. The van der Waals surface area contributed by atoms with Crippen LogP contribution in [0.5, 0.6) is 0 Å². The predicted molar refractivity (Wildman–Crippen MR) is 80.2 cm³/mol. The molecule has 1 fully saturated rings. The van der Waals surface area contributed by atoms with E-state index in [4.69, 9.17) is 5.73 Å². The standard InChI is InChI=1S/C15H18N2OS/c1-12-11-17(9-10-19-12)15(18)14-6-4-13(5-7-14)3-2-8-16/h4-7,12H,8-11,16H2,1H3. The summed E-state index contributed by atoms with van der Waals surface area (Å²) >= 11 is 1.92. The average molecular weight is 274 g/mol. The van der Waals surface area contributed by atoms with Crippen LogP contribution >= 0.6 is 11.8 Å². The van der Waals surface area contributed by atoms with E-state index < -0.39 is 0 Å². The van der Waals surface area contributed by atoms with Crippen molar-refractivity contribution < 1.29 is 4.79 Å². The van der Waals surface area contributed by atoms with Gasteiger partial charge in [-0.25, -0.2) is 0 Å². The number of rotatable bonds is 1. The van der Waals surface area contributed by atoms with E-state index in [2.05, 4.69) is 18.8 Å². The van der Waals surface area contributed by atoms with E-state index in [1.54, 1.807) is 0 Å². The summed E-state index contributed by atoms with van der Waals surface area (Å²) in [5, 5.41) is 0.521. The van der Waals surface area contributed by atoms with E-state index in [1.807, 2.05) is 40.9 Å². The summed E-state index contributed by atoms with van der Waals surface area (Å²) in [4.78, 5) is 14.3. The Bertz CT molecular complexity index is 501. The highest BCUT2D eigenvalue weighted by Gasteiger charge is 2.22. The molecule has 100 valence electrons. The van der Waals surface area contributed by atoms with Gasteiger partial charge in [-0.1, -0.05) is 18.8 Å². The molecule has 1 unspecified atom stereocenters. The first-order valence-corrected chi connectivity index (χ1v) is 7.45. The highest BCUT2D eigenvalue weighted by molar-refractivity contribution is 7.99. The first-order chi connectivity index (χ1) is 9.20. The fourth-order valence-corrected chi connectivity index (χ4v) is 3.05. The Labute approximate surface area is 118 Å². The molecule has 1 aliphatic rings. The lowest BCUT2D eigenvalue weighted by atomic mass is 10.1. The van der Waals surface area contributed by atoms with Gasteiger partial charge in [0.15, 0.2) is 0 Å². The molecular weight excluding hydrogens is 256 g/mol. The molecule has 1 aromatic carbocycles. The Kier molecular flexibility index (Phi) is 4.89. The largest absolute Gasteiger partial charge is 0.337 e. The normalized spacial score (nSPS) is 18.6. The van der Waals surface area contributed by atoms with Crippen LogP contribution in [0.15, 0.2) is 24.3 Å². The molecule has 0 aliphatic carbocycles. The first kappa shape index (κ1) is 14.0. The Morgan fingerprint density at radius 3 is 2.84 bits per heavy atom. The zero-order valence-corrected chi connectivity index (χ0v) is 11.9. The zero-order valence-electron chi connectivity index (χ0n) is 11.1. The average Bonchev–Trinajstić information content (AvgIpc) is 2.45. The smallest absolute Gasteiger partial charge is 0.253 e. The quantitative estimate of drug-likeness (QED) is 0.791. The summed E-state index contributed by atoms with van der Waals surface area (Å²) < 4.78 is 0. The molecule has 0 bridgehead atoms. The molecule has 2 N–H and O–H groups in total. The molecule has 1 aromatic rings. The summed E-state index contributed by atoms with van der Waals surface area (Å²) in [6, 6.07) is 7.43. The lowest BCUT2D eigenvalue weighted by Crippen LogP contribution is -2.41. The van der Waals surface area contributed by atoms with Gasteiger partial charge in [-0.05, 0) is 24.3 Å². The lowest BCUT2D eigenvalue weighted by molar-refractivity contribution is 0.0763. The van der Waals surface area contributed by atoms with Crippen LogP contribution in [0.2, 0.25) is 0 Å². The summed E-state index contributed by atoms with van der Waals surface area (Å²) in [5.41, 5.74) is 6.96. The van der Waals surface area contributed by atoms with E-state index >= 15 is 0 Å². The van der Waals surface area contributed by atoms with E-state index in [0.717, 1.165) is 30.0 Å². The zero-order chi connectivity index (χ0) is 13.7. The molecule has 0 radical (unpaired) electrons. The molecule has 2 rings (SSSR count). The molecule has 4 heteroatoms. The predicted octanol–water partition coefficient (Wildman–Crippen LogP) is 1.57. The van der Waals surface area contributed by atoms with Crippen molar-refractivity contribution in [3.05, 3.63) is 35.4 Å². The molecule has 19 heavy (non-hydrogen) atoms. The van der Waals surface area contributed by atoms with Crippen molar-refractivity contribution in [1.29, 1.82) is 0 Å². The molecule has 1 saturated heterocycles. The molecule has 1 aliphatic heterocycles. The maximum absolute atomic E-state index is 12.3. The summed E-state index contributed by atoms with van der Waals surface area (Å²) in [6.07, 6.45) is 0. The van der Waals surface area contributed by atoms with Gasteiger partial charge in [0.05, 0.1) is 6.54 Å². The third kappa shape index (κ3) is 3.76. The first-order valence-electron chi connectivity index (χ1n) is 6.40. The van der Waals surface area contributed by atoms with Gasteiger partial charge < -0.3 is 10.6 Å². The van der Waals surface area contributed by atoms with Crippen LogP contribution in [0.1, 0.15) is 22.8 Å². The van der Waals surface area contributed by atoms with E-state index in [0.29, 0.717) is 11.8 Å². The van der Waals surface area contributed by atoms with Crippen LogP contribution in [0.25, 0.3) is 0 Å². The van der Waals surface area contributed by atoms with Crippen molar-refractivity contribution in [2.75, 3.05) is 25.4 Å². The number of nitrogens with two attached hydrogens (primary N) is 1. The molecule has 1 amide bonds. The van der Waals surface area contributed by atoms with E-state index in [-0.39, 0.29) is 5.91 Å². The summed E-state index contributed by atoms with van der Waals surface area (Å²) in [5.74, 6) is 6.89. The van der Waals surface area contributed by atoms with Crippen molar-refractivity contribution >= 4 is 17.7 Å². The van der Waals surface area contributed by atoms with Crippen LogP contribution in [-0.2, 0) is 0 Å². The minimum atomic E-state index is 0.116. The molecule has 1 heterocycles. The van der Waals surface area contributed by atoms with Crippen LogP contribution in [0.4, 0.5) is 0 Å². The molecule has 1 atom stereocenters. The maximum Gasteiger partial charge on any atom is 0.253 e. The minimum Gasteiger partial charge on any atom is -0.337 e. The van der Waals surface area contributed by atoms with Gasteiger partial charge in [-0.15, -0.1) is 0 Å². The van der Waals surface area contributed by atoms with Gasteiger partial charge >= 0.3 is 0 Å². The van der Waals surface area contributed by atoms with Gasteiger partial charge in [0, 0.05) is 35.2 Å².